The van der Waals surface area contributed by atoms with E-state index in [1.54, 1.807) is 12.1 Å². The lowest BCUT2D eigenvalue weighted by Gasteiger charge is -2.25. The minimum Gasteiger partial charge on any atom is -0.507 e. The smallest absolute Gasteiger partial charge is 0.341 e. The summed E-state index contributed by atoms with van der Waals surface area (Å²) in [6, 6.07) is 4.72. The summed E-state index contributed by atoms with van der Waals surface area (Å²) < 4.78 is 10.8. The fraction of sp³-hybridized carbons (Fsp3) is 0.611. The molecule has 0 aromatic heterocycles. The van der Waals surface area contributed by atoms with E-state index >= 15 is 0 Å². The first-order valence-electron chi connectivity index (χ1n) is 8.56. The number of hydrogen-bond donors (Lipinski definition) is 1. The number of carbonyl (C=O) groups excluding carboxylic acids is 1. The lowest BCUT2D eigenvalue weighted by molar-refractivity contribution is 0.0449. The van der Waals surface area contributed by atoms with E-state index < -0.39 is 5.97 Å². The average molecular weight is 321 g/mol. The molecule has 1 aromatic rings. The van der Waals surface area contributed by atoms with E-state index in [-0.39, 0.29) is 11.3 Å². The van der Waals surface area contributed by atoms with Crippen molar-refractivity contribution in [1.82, 2.24) is 4.90 Å². The van der Waals surface area contributed by atoms with Crippen molar-refractivity contribution in [2.75, 3.05) is 32.8 Å². The summed E-state index contributed by atoms with van der Waals surface area (Å²) in [7, 11) is 0. The van der Waals surface area contributed by atoms with Crippen LogP contribution in [0, 0.1) is 0 Å². The third kappa shape index (κ3) is 5.75. The van der Waals surface area contributed by atoms with Crippen LogP contribution in [-0.2, 0) is 4.74 Å². The number of rotatable bonds is 8. The Hall–Kier alpha value is -1.75. The second-order valence-electron chi connectivity index (χ2n) is 5.92. The minimum atomic E-state index is -0.486. The van der Waals surface area contributed by atoms with Crippen molar-refractivity contribution in [3.8, 4) is 11.5 Å². The molecule has 1 N–H and O–H groups in total. The molecule has 2 rings (SSSR count). The summed E-state index contributed by atoms with van der Waals surface area (Å²) in [5, 5.41) is 9.98. The van der Waals surface area contributed by atoms with Crippen LogP contribution in [0.5, 0.6) is 11.5 Å². The minimum absolute atomic E-state index is 0.0954. The van der Waals surface area contributed by atoms with Crippen molar-refractivity contribution >= 4 is 5.97 Å². The summed E-state index contributed by atoms with van der Waals surface area (Å²) in [6.07, 6.45) is 5.73. The van der Waals surface area contributed by atoms with Crippen LogP contribution < -0.4 is 4.74 Å². The van der Waals surface area contributed by atoms with Gasteiger partial charge in [0, 0.05) is 12.6 Å². The first kappa shape index (κ1) is 17.6. The van der Waals surface area contributed by atoms with Crippen molar-refractivity contribution in [1.29, 1.82) is 0 Å². The molecule has 1 saturated heterocycles. The SMILES string of the molecule is CCCCOc1ccc(C(=O)OCCN2CCCCC2)c(O)c1. The number of likely N-dealkylation sites (tertiary alicyclic amines) is 1. The van der Waals surface area contributed by atoms with E-state index in [0.717, 1.165) is 32.5 Å². The van der Waals surface area contributed by atoms with Crippen molar-refractivity contribution in [3.63, 3.8) is 0 Å². The number of benzene rings is 1. The number of nitrogens with zero attached hydrogens (tertiary/aromatic N) is 1. The number of unbranched alkanes of at least 4 members (excludes halogenated alkanes) is 1. The van der Waals surface area contributed by atoms with Gasteiger partial charge in [0.15, 0.2) is 0 Å². The van der Waals surface area contributed by atoms with Crippen molar-refractivity contribution < 1.29 is 19.4 Å². The van der Waals surface area contributed by atoms with Crippen LogP contribution >= 0.6 is 0 Å². The van der Waals surface area contributed by atoms with Gasteiger partial charge >= 0.3 is 5.97 Å². The monoisotopic (exact) mass is 321 g/mol. The zero-order chi connectivity index (χ0) is 16.5. The molecule has 5 nitrogen and oxygen atoms in total. The number of phenolic OH excluding ortho intramolecular Hbond substituents is 1. The molecule has 0 saturated carbocycles. The normalized spacial score (nSPS) is 15.3. The Labute approximate surface area is 138 Å². The summed E-state index contributed by atoms with van der Waals surface area (Å²) in [5.41, 5.74) is 0.187. The molecule has 0 spiro atoms. The lowest BCUT2D eigenvalue weighted by Crippen LogP contribution is -2.33. The van der Waals surface area contributed by atoms with Gasteiger partial charge in [-0.15, -0.1) is 0 Å². The van der Waals surface area contributed by atoms with Gasteiger partial charge in [-0.1, -0.05) is 19.8 Å². The third-order valence-corrected chi connectivity index (χ3v) is 4.05. The molecule has 0 atom stereocenters. The van der Waals surface area contributed by atoms with E-state index in [0.29, 0.717) is 19.0 Å². The van der Waals surface area contributed by atoms with Crippen molar-refractivity contribution in [2.24, 2.45) is 0 Å². The van der Waals surface area contributed by atoms with Crippen molar-refractivity contribution in [2.45, 2.75) is 39.0 Å². The maximum Gasteiger partial charge on any atom is 0.341 e. The second-order valence-corrected chi connectivity index (χ2v) is 5.92. The summed E-state index contributed by atoms with van der Waals surface area (Å²) in [4.78, 5) is 14.3. The first-order valence-corrected chi connectivity index (χ1v) is 8.56. The molecule has 0 amide bonds. The van der Waals surface area contributed by atoms with E-state index in [9.17, 15) is 9.90 Å². The molecule has 1 aromatic carbocycles. The highest BCUT2D eigenvalue weighted by Crippen LogP contribution is 2.24. The van der Waals surface area contributed by atoms with Gasteiger partial charge in [-0.05, 0) is 44.5 Å². The second kappa shape index (κ2) is 9.40. The number of piperidine rings is 1. The maximum atomic E-state index is 12.0. The van der Waals surface area contributed by atoms with E-state index in [4.69, 9.17) is 9.47 Å². The first-order chi connectivity index (χ1) is 11.2. The average Bonchev–Trinajstić information content (AvgIpc) is 2.56. The van der Waals surface area contributed by atoms with E-state index in [2.05, 4.69) is 11.8 Å². The number of carbonyl (C=O) groups is 1. The van der Waals surface area contributed by atoms with Gasteiger partial charge in [0.25, 0.3) is 0 Å². The largest absolute Gasteiger partial charge is 0.507 e. The molecule has 0 bridgehead atoms. The maximum absolute atomic E-state index is 12.0. The van der Waals surface area contributed by atoms with Gasteiger partial charge in [0.1, 0.15) is 23.7 Å². The Morgan fingerprint density at radius 2 is 2.00 bits per heavy atom. The van der Waals surface area contributed by atoms with Gasteiger partial charge in [0.05, 0.1) is 6.61 Å². The molecule has 1 aliphatic heterocycles. The Bertz CT molecular complexity index is 498. The lowest BCUT2D eigenvalue weighted by atomic mass is 10.1. The van der Waals surface area contributed by atoms with Crippen molar-refractivity contribution in [3.05, 3.63) is 23.8 Å². The van der Waals surface area contributed by atoms with Crippen LogP contribution in [0.15, 0.2) is 18.2 Å². The van der Waals surface area contributed by atoms with Crippen LogP contribution in [0.4, 0.5) is 0 Å². The molecular weight excluding hydrogens is 294 g/mol. The number of esters is 1. The fourth-order valence-corrected chi connectivity index (χ4v) is 2.64. The highest BCUT2D eigenvalue weighted by molar-refractivity contribution is 5.92. The molecular formula is C18H27NO4. The van der Waals surface area contributed by atoms with Crippen LogP contribution in [0.1, 0.15) is 49.4 Å². The van der Waals surface area contributed by atoms with E-state index in [1.807, 2.05) is 0 Å². The van der Waals surface area contributed by atoms with E-state index in [1.165, 1.54) is 25.3 Å². The molecule has 1 fully saturated rings. The number of ether oxygens (including phenoxy) is 2. The predicted molar refractivity (Wildman–Crippen MR) is 89.1 cm³/mol. The quantitative estimate of drug-likeness (QED) is 0.588. The highest BCUT2D eigenvalue weighted by atomic mass is 16.5. The molecule has 0 unspecified atom stereocenters. The third-order valence-electron chi connectivity index (χ3n) is 4.05. The molecule has 1 aliphatic rings. The Kier molecular flexibility index (Phi) is 7.20. The zero-order valence-electron chi connectivity index (χ0n) is 13.9. The summed E-state index contributed by atoms with van der Waals surface area (Å²) in [6.45, 7) is 5.95. The Balaban J connectivity index is 1.79. The number of hydrogen-bond acceptors (Lipinski definition) is 5. The number of aromatic hydroxyl groups is 1. The van der Waals surface area contributed by atoms with Gasteiger partial charge in [0.2, 0.25) is 0 Å². The molecule has 1 heterocycles. The topological polar surface area (TPSA) is 59.0 Å². The summed E-state index contributed by atoms with van der Waals surface area (Å²) in [5.74, 6) is -0.0117. The number of phenols is 1. The van der Waals surface area contributed by atoms with Crippen LogP contribution in [0.25, 0.3) is 0 Å². The van der Waals surface area contributed by atoms with Gasteiger partial charge in [-0.2, -0.15) is 0 Å². The Morgan fingerprint density at radius 3 is 2.70 bits per heavy atom. The van der Waals surface area contributed by atoms with Crippen LogP contribution in [0.2, 0.25) is 0 Å². The molecule has 5 heteroatoms. The Morgan fingerprint density at radius 1 is 1.22 bits per heavy atom. The summed E-state index contributed by atoms with van der Waals surface area (Å²) >= 11 is 0. The van der Waals surface area contributed by atoms with Crippen LogP contribution in [-0.4, -0.2) is 48.8 Å². The fourth-order valence-electron chi connectivity index (χ4n) is 2.64. The predicted octanol–water partition coefficient (Wildman–Crippen LogP) is 3.21. The molecule has 0 aliphatic carbocycles. The molecule has 0 radical (unpaired) electrons. The highest BCUT2D eigenvalue weighted by Gasteiger charge is 2.15. The van der Waals surface area contributed by atoms with Gasteiger partial charge in [-0.25, -0.2) is 4.79 Å². The zero-order valence-corrected chi connectivity index (χ0v) is 13.9. The molecule has 23 heavy (non-hydrogen) atoms. The van der Waals surface area contributed by atoms with Gasteiger partial charge < -0.3 is 14.6 Å². The molecule has 128 valence electrons. The standard InChI is InChI=1S/C18H27NO4/c1-2-3-12-22-15-7-8-16(17(20)14-15)18(21)23-13-11-19-9-5-4-6-10-19/h7-8,14,20H,2-6,9-13H2,1H3. The van der Waals surface area contributed by atoms with Crippen LogP contribution in [0.3, 0.4) is 0 Å². The van der Waals surface area contributed by atoms with Gasteiger partial charge in [-0.3, -0.25) is 4.90 Å².